The van der Waals surface area contributed by atoms with Crippen molar-refractivity contribution >= 4 is 0 Å². The third kappa shape index (κ3) is 3.32. The highest BCUT2D eigenvalue weighted by molar-refractivity contribution is 5.29. The summed E-state index contributed by atoms with van der Waals surface area (Å²) in [6.45, 7) is 5.82. The van der Waals surface area contributed by atoms with Crippen LogP contribution in [-0.4, -0.2) is 27.5 Å². The minimum absolute atomic E-state index is 0.0698. The van der Waals surface area contributed by atoms with Gasteiger partial charge in [-0.1, -0.05) is 24.3 Å². The molecule has 0 bridgehead atoms. The lowest BCUT2D eigenvalue weighted by Gasteiger charge is -2.21. The molecule has 2 heterocycles. The normalized spacial score (nSPS) is 21.0. The molecule has 23 heavy (non-hydrogen) atoms. The van der Waals surface area contributed by atoms with Crippen molar-refractivity contribution in [2.75, 3.05) is 6.61 Å². The zero-order valence-electron chi connectivity index (χ0n) is 14.0. The molecule has 0 radical (unpaired) electrons. The van der Waals surface area contributed by atoms with Crippen molar-refractivity contribution in [3.8, 4) is 0 Å². The molecule has 5 nitrogen and oxygen atoms in total. The molecular weight excluding hydrogens is 290 g/mol. The van der Waals surface area contributed by atoms with E-state index in [1.165, 1.54) is 16.8 Å². The van der Waals surface area contributed by atoms with Crippen LogP contribution in [0.2, 0.25) is 0 Å². The fraction of sp³-hybridized carbons (Fsp3) is 0.500. The Morgan fingerprint density at radius 2 is 1.96 bits per heavy atom. The van der Waals surface area contributed by atoms with Gasteiger partial charge in [0.25, 0.3) is 0 Å². The van der Waals surface area contributed by atoms with Crippen LogP contribution in [0.15, 0.2) is 24.3 Å². The SMILES string of the molecule is Cc1nn(C)c(C)c1[C@H]1OCC[C@@H]1NCc1ccc(CO)cc1. The van der Waals surface area contributed by atoms with E-state index >= 15 is 0 Å². The summed E-state index contributed by atoms with van der Waals surface area (Å²) in [6, 6.07) is 8.35. The monoisotopic (exact) mass is 315 g/mol. The van der Waals surface area contributed by atoms with Gasteiger partial charge >= 0.3 is 0 Å². The summed E-state index contributed by atoms with van der Waals surface area (Å²) >= 11 is 0. The summed E-state index contributed by atoms with van der Waals surface area (Å²) in [5, 5.41) is 17.2. The Labute approximate surface area is 137 Å². The number of aliphatic hydroxyl groups excluding tert-OH is 1. The minimum atomic E-state index is 0.0698. The number of ether oxygens (including phenoxy) is 1. The van der Waals surface area contributed by atoms with Gasteiger partial charge in [0.1, 0.15) is 6.10 Å². The van der Waals surface area contributed by atoms with Crippen molar-refractivity contribution in [3.63, 3.8) is 0 Å². The Kier molecular flexibility index (Phi) is 4.80. The summed E-state index contributed by atoms with van der Waals surface area (Å²) in [4.78, 5) is 0. The largest absolute Gasteiger partial charge is 0.392 e. The second-order valence-corrected chi connectivity index (χ2v) is 6.25. The van der Waals surface area contributed by atoms with Gasteiger partial charge in [-0.25, -0.2) is 0 Å². The lowest BCUT2D eigenvalue weighted by Crippen LogP contribution is -2.31. The van der Waals surface area contributed by atoms with Gasteiger partial charge in [0, 0.05) is 37.5 Å². The highest BCUT2D eigenvalue weighted by Crippen LogP contribution is 2.33. The third-order valence-electron chi connectivity index (χ3n) is 4.72. The van der Waals surface area contributed by atoms with E-state index in [-0.39, 0.29) is 12.7 Å². The molecule has 0 amide bonds. The lowest BCUT2D eigenvalue weighted by molar-refractivity contribution is 0.0974. The number of aromatic nitrogens is 2. The zero-order valence-corrected chi connectivity index (χ0v) is 14.0. The molecule has 1 saturated heterocycles. The Morgan fingerprint density at radius 3 is 2.57 bits per heavy atom. The molecule has 1 aliphatic rings. The van der Waals surface area contributed by atoms with E-state index in [1.807, 2.05) is 23.9 Å². The number of nitrogens with one attached hydrogen (secondary N) is 1. The fourth-order valence-corrected chi connectivity index (χ4v) is 3.30. The van der Waals surface area contributed by atoms with E-state index in [2.05, 4.69) is 36.4 Å². The van der Waals surface area contributed by atoms with Crippen LogP contribution >= 0.6 is 0 Å². The van der Waals surface area contributed by atoms with Crippen LogP contribution in [0.25, 0.3) is 0 Å². The predicted octanol–water partition coefficient (Wildman–Crippen LogP) is 2.15. The van der Waals surface area contributed by atoms with E-state index in [9.17, 15) is 0 Å². The first-order valence-corrected chi connectivity index (χ1v) is 8.14. The van der Waals surface area contributed by atoms with Crippen LogP contribution < -0.4 is 5.32 Å². The number of rotatable bonds is 5. The first-order valence-electron chi connectivity index (χ1n) is 8.14. The number of hydrogen-bond acceptors (Lipinski definition) is 4. The van der Waals surface area contributed by atoms with Crippen LogP contribution in [0.4, 0.5) is 0 Å². The lowest BCUT2D eigenvalue weighted by atomic mass is 10.00. The van der Waals surface area contributed by atoms with Crippen molar-refractivity contribution in [3.05, 3.63) is 52.3 Å². The topological polar surface area (TPSA) is 59.3 Å². The summed E-state index contributed by atoms with van der Waals surface area (Å²) in [5.74, 6) is 0. The molecule has 0 aliphatic carbocycles. The summed E-state index contributed by atoms with van der Waals surface area (Å²) in [7, 11) is 1.98. The van der Waals surface area contributed by atoms with Crippen molar-refractivity contribution in [2.24, 2.45) is 7.05 Å². The molecular formula is C18H25N3O2. The Morgan fingerprint density at radius 1 is 1.26 bits per heavy atom. The second kappa shape index (κ2) is 6.83. The average molecular weight is 315 g/mol. The van der Waals surface area contributed by atoms with Crippen LogP contribution in [0.5, 0.6) is 0 Å². The van der Waals surface area contributed by atoms with Crippen molar-refractivity contribution < 1.29 is 9.84 Å². The van der Waals surface area contributed by atoms with Crippen molar-refractivity contribution in [1.29, 1.82) is 0 Å². The predicted molar refractivity (Wildman–Crippen MR) is 89.0 cm³/mol. The van der Waals surface area contributed by atoms with Crippen molar-refractivity contribution in [2.45, 2.75) is 45.6 Å². The molecule has 1 aromatic heterocycles. The molecule has 0 spiro atoms. The van der Waals surface area contributed by atoms with Gasteiger partial charge in [-0.2, -0.15) is 5.10 Å². The Bertz CT molecular complexity index is 664. The van der Waals surface area contributed by atoms with Gasteiger partial charge < -0.3 is 15.2 Å². The maximum Gasteiger partial charge on any atom is 0.101 e. The summed E-state index contributed by atoms with van der Waals surface area (Å²) < 4.78 is 7.93. The van der Waals surface area contributed by atoms with Gasteiger partial charge in [-0.3, -0.25) is 4.68 Å². The third-order valence-corrected chi connectivity index (χ3v) is 4.72. The minimum Gasteiger partial charge on any atom is -0.392 e. The first kappa shape index (κ1) is 16.2. The second-order valence-electron chi connectivity index (χ2n) is 6.25. The van der Waals surface area contributed by atoms with Gasteiger partial charge in [-0.05, 0) is 31.4 Å². The standard InChI is InChI=1S/C18H25N3O2/c1-12-17(13(2)21(3)20-12)18-16(8-9-23-18)19-10-14-4-6-15(11-22)7-5-14/h4-7,16,18-19,22H,8-11H2,1-3H3/t16-,18-/m0/s1. The zero-order chi connectivity index (χ0) is 16.4. The van der Waals surface area contributed by atoms with Crippen LogP contribution in [0, 0.1) is 13.8 Å². The number of nitrogens with zero attached hydrogens (tertiary/aromatic N) is 2. The van der Waals surface area contributed by atoms with E-state index in [0.29, 0.717) is 6.04 Å². The molecule has 2 aromatic rings. The van der Waals surface area contributed by atoms with E-state index < -0.39 is 0 Å². The molecule has 2 N–H and O–H groups in total. The molecule has 3 rings (SSSR count). The summed E-state index contributed by atoms with van der Waals surface area (Å²) in [6.07, 6.45) is 1.08. The molecule has 1 fully saturated rings. The van der Waals surface area contributed by atoms with Crippen LogP contribution in [0.3, 0.4) is 0 Å². The summed E-state index contributed by atoms with van der Waals surface area (Å²) in [5.41, 5.74) is 5.60. The maximum absolute atomic E-state index is 9.11. The van der Waals surface area contributed by atoms with Gasteiger partial charge in [0.2, 0.25) is 0 Å². The van der Waals surface area contributed by atoms with Crippen LogP contribution in [0.1, 0.15) is 40.6 Å². The number of benzene rings is 1. The van der Waals surface area contributed by atoms with Gasteiger partial charge in [0.05, 0.1) is 12.3 Å². The fourth-order valence-electron chi connectivity index (χ4n) is 3.30. The highest BCUT2D eigenvalue weighted by atomic mass is 16.5. The molecule has 0 unspecified atom stereocenters. The molecule has 2 atom stereocenters. The highest BCUT2D eigenvalue weighted by Gasteiger charge is 2.33. The maximum atomic E-state index is 9.11. The number of hydrogen-bond donors (Lipinski definition) is 2. The van der Waals surface area contributed by atoms with Gasteiger partial charge in [-0.15, -0.1) is 0 Å². The van der Waals surface area contributed by atoms with E-state index in [0.717, 1.165) is 30.8 Å². The average Bonchev–Trinajstić information content (AvgIpc) is 3.10. The van der Waals surface area contributed by atoms with E-state index in [4.69, 9.17) is 9.84 Å². The quantitative estimate of drug-likeness (QED) is 0.887. The Hall–Kier alpha value is -1.69. The number of aryl methyl sites for hydroxylation is 2. The molecule has 5 heteroatoms. The molecule has 124 valence electrons. The first-order chi connectivity index (χ1) is 11.1. The molecule has 0 saturated carbocycles. The Balaban J connectivity index is 1.69. The van der Waals surface area contributed by atoms with Crippen molar-refractivity contribution in [1.82, 2.24) is 15.1 Å². The van der Waals surface area contributed by atoms with E-state index in [1.54, 1.807) is 0 Å². The van der Waals surface area contributed by atoms with Gasteiger partial charge in [0.15, 0.2) is 0 Å². The number of aliphatic hydroxyl groups is 1. The molecule has 1 aliphatic heterocycles. The van der Waals surface area contributed by atoms with Crippen LogP contribution in [-0.2, 0) is 24.9 Å². The smallest absolute Gasteiger partial charge is 0.101 e. The molecule has 1 aromatic carbocycles.